The molecular formula is C13H24N2O4. The lowest BCUT2D eigenvalue weighted by molar-refractivity contribution is -0.140. The molecule has 1 unspecified atom stereocenters. The summed E-state index contributed by atoms with van der Waals surface area (Å²) in [5.41, 5.74) is 0. The van der Waals surface area contributed by atoms with Crippen molar-refractivity contribution >= 4 is 12.1 Å². The Hall–Kier alpha value is -1.30. The van der Waals surface area contributed by atoms with Gasteiger partial charge < -0.3 is 20.1 Å². The molecule has 6 nitrogen and oxygen atoms in total. The molecule has 0 bridgehead atoms. The van der Waals surface area contributed by atoms with Crippen LogP contribution < -0.4 is 5.32 Å². The second kappa shape index (κ2) is 7.33. The Morgan fingerprint density at radius 3 is 2.68 bits per heavy atom. The van der Waals surface area contributed by atoms with E-state index >= 15 is 0 Å². The zero-order valence-corrected chi connectivity index (χ0v) is 11.9. The van der Waals surface area contributed by atoms with Gasteiger partial charge in [0.15, 0.2) is 0 Å². The number of carboxylic acid groups (broad SMARTS) is 1. The maximum Gasteiger partial charge on any atom is 0.407 e. The van der Waals surface area contributed by atoms with Crippen LogP contribution in [0.1, 0.15) is 26.7 Å². The Morgan fingerprint density at radius 2 is 2.16 bits per heavy atom. The number of ether oxygens (including phenoxy) is 1. The van der Waals surface area contributed by atoms with Gasteiger partial charge in [-0.1, -0.05) is 13.8 Å². The number of nitrogens with one attached hydrogen (secondary N) is 1. The molecule has 0 spiro atoms. The number of piperidine rings is 1. The minimum Gasteiger partial charge on any atom is -0.480 e. The van der Waals surface area contributed by atoms with E-state index in [9.17, 15) is 9.59 Å². The lowest BCUT2D eigenvalue weighted by Gasteiger charge is -2.29. The van der Waals surface area contributed by atoms with E-state index in [2.05, 4.69) is 10.2 Å². The summed E-state index contributed by atoms with van der Waals surface area (Å²) >= 11 is 0. The Morgan fingerprint density at radius 1 is 1.47 bits per heavy atom. The van der Waals surface area contributed by atoms with Crippen molar-refractivity contribution in [3.05, 3.63) is 0 Å². The fourth-order valence-corrected chi connectivity index (χ4v) is 2.28. The first-order valence-corrected chi connectivity index (χ1v) is 6.74. The number of carbonyl (C=O) groups is 2. The highest BCUT2D eigenvalue weighted by atomic mass is 16.5. The van der Waals surface area contributed by atoms with Crippen molar-refractivity contribution in [3.63, 3.8) is 0 Å². The fourth-order valence-electron chi connectivity index (χ4n) is 2.28. The van der Waals surface area contributed by atoms with E-state index in [1.165, 1.54) is 0 Å². The van der Waals surface area contributed by atoms with Gasteiger partial charge in [0.25, 0.3) is 0 Å². The number of amides is 1. The highest BCUT2D eigenvalue weighted by molar-refractivity contribution is 5.80. The summed E-state index contributed by atoms with van der Waals surface area (Å²) in [6, 6.07) is -0.901. The fraction of sp³-hybridized carbons (Fsp3) is 0.846. The lowest BCUT2D eigenvalue weighted by atomic mass is 10.00. The molecule has 0 aromatic rings. The first-order valence-electron chi connectivity index (χ1n) is 6.74. The van der Waals surface area contributed by atoms with Gasteiger partial charge in [0.05, 0.1) is 6.61 Å². The van der Waals surface area contributed by atoms with Crippen LogP contribution in [-0.4, -0.2) is 54.9 Å². The highest BCUT2D eigenvalue weighted by Crippen LogP contribution is 2.15. The van der Waals surface area contributed by atoms with E-state index in [4.69, 9.17) is 9.84 Å². The first kappa shape index (κ1) is 15.8. The summed E-state index contributed by atoms with van der Waals surface area (Å²) in [5, 5.41) is 11.4. The predicted octanol–water partition coefficient (Wildman–Crippen LogP) is 1.16. The average Bonchev–Trinajstić information content (AvgIpc) is 2.32. The summed E-state index contributed by atoms with van der Waals surface area (Å²) in [6.45, 7) is 5.84. The first-order chi connectivity index (χ1) is 8.90. The monoisotopic (exact) mass is 272 g/mol. The third-order valence-electron chi connectivity index (χ3n) is 3.38. The number of aliphatic carboxylic acids is 1. The van der Waals surface area contributed by atoms with Gasteiger partial charge in [-0.15, -0.1) is 0 Å². The van der Waals surface area contributed by atoms with Gasteiger partial charge in [-0.2, -0.15) is 0 Å². The molecule has 1 amide bonds. The van der Waals surface area contributed by atoms with Crippen molar-refractivity contribution in [3.8, 4) is 0 Å². The van der Waals surface area contributed by atoms with Crippen LogP contribution in [0.25, 0.3) is 0 Å². The zero-order chi connectivity index (χ0) is 14.4. The number of alkyl carbamates (subject to hydrolysis) is 1. The molecule has 0 aromatic carbocycles. The van der Waals surface area contributed by atoms with Crippen molar-refractivity contribution in [2.75, 3.05) is 26.7 Å². The molecule has 1 aliphatic rings. The molecule has 0 radical (unpaired) electrons. The van der Waals surface area contributed by atoms with Gasteiger partial charge in [0.1, 0.15) is 6.04 Å². The summed E-state index contributed by atoms with van der Waals surface area (Å²) in [5.74, 6) is -0.873. The van der Waals surface area contributed by atoms with Crippen molar-refractivity contribution in [2.45, 2.75) is 32.7 Å². The minimum absolute atomic E-state index is 0.175. The van der Waals surface area contributed by atoms with Crippen molar-refractivity contribution in [1.29, 1.82) is 0 Å². The molecule has 1 saturated heterocycles. The molecular weight excluding hydrogens is 248 g/mol. The molecule has 2 N–H and O–H groups in total. The third kappa shape index (κ3) is 5.46. The molecule has 1 rings (SSSR count). The van der Waals surface area contributed by atoms with Crippen LogP contribution in [0.5, 0.6) is 0 Å². The van der Waals surface area contributed by atoms with Gasteiger partial charge in [0.2, 0.25) is 0 Å². The molecule has 6 heteroatoms. The van der Waals surface area contributed by atoms with E-state index in [1.54, 1.807) is 13.8 Å². The van der Waals surface area contributed by atoms with Gasteiger partial charge in [0, 0.05) is 12.5 Å². The molecule has 1 aliphatic heterocycles. The predicted molar refractivity (Wildman–Crippen MR) is 71.0 cm³/mol. The largest absolute Gasteiger partial charge is 0.480 e. The topological polar surface area (TPSA) is 78.9 Å². The van der Waals surface area contributed by atoms with E-state index in [0.29, 0.717) is 12.5 Å². The number of nitrogens with zero attached hydrogens (tertiary/aromatic N) is 1. The average molecular weight is 272 g/mol. The molecule has 1 heterocycles. The Kier molecular flexibility index (Phi) is 6.08. The molecule has 19 heavy (non-hydrogen) atoms. The normalized spacial score (nSPS) is 22.0. The van der Waals surface area contributed by atoms with E-state index in [0.717, 1.165) is 25.9 Å². The zero-order valence-electron chi connectivity index (χ0n) is 11.9. The quantitative estimate of drug-likeness (QED) is 0.785. The molecule has 110 valence electrons. The number of likely N-dealkylation sites (tertiary alicyclic amines) is 1. The van der Waals surface area contributed by atoms with Crippen molar-refractivity contribution in [2.24, 2.45) is 11.8 Å². The van der Waals surface area contributed by atoms with Gasteiger partial charge in [-0.05, 0) is 32.4 Å². The maximum atomic E-state index is 11.6. The van der Waals surface area contributed by atoms with E-state index in [1.807, 2.05) is 7.05 Å². The summed E-state index contributed by atoms with van der Waals surface area (Å²) in [7, 11) is 2.05. The number of carbonyl (C=O) groups excluding carboxylic acids is 1. The molecule has 0 saturated carbocycles. The maximum absolute atomic E-state index is 11.6. The van der Waals surface area contributed by atoms with Crippen LogP contribution in [0.15, 0.2) is 0 Å². The smallest absolute Gasteiger partial charge is 0.407 e. The van der Waals surface area contributed by atoms with Crippen LogP contribution in [0.2, 0.25) is 0 Å². The van der Waals surface area contributed by atoms with Crippen molar-refractivity contribution in [1.82, 2.24) is 10.2 Å². The van der Waals surface area contributed by atoms with Crippen LogP contribution in [0.4, 0.5) is 4.79 Å². The van der Waals surface area contributed by atoms with Gasteiger partial charge in [-0.3, -0.25) is 0 Å². The SMILES string of the molecule is CC(C)[C@H](NC(=O)OCC1CCCN(C)C1)C(=O)O. The van der Waals surface area contributed by atoms with Crippen LogP contribution in [0, 0.1) is 11.8 Å². The second-order valence-corrected chi connectivity index (χ2v) is 5.57. The molecule has 0 aromatic heterocycles. The number of hydrogen-bond donors (Lipinski definition) is 2. The standard InChI is InChI=1S/C13H24N2O4/c1-9(2)11(12(16)17)14-13(18)19-8-10-5-4-6-15(3)7-10/h9-11H,4-8H2,1-3H3,(H,14,18)(H,16,17)/t10?,11-/m0/s1. The Bertz CT molecular complexity index is 320. The molecule has 2 atom stereocenters. The number of hydrogen-bond acceptors (Lipinski definition) is 4. The highest BCUT2D eigenvalue weighted by Gasteiger charge is 2.25. The molecule has 1 fully saturated rings. The van der Waals surface area contributed by atoms with Crippen molar-refractivity contribution < 1.29 is 19.4 Å². The van der Waals surface area contributed by atoms with E-state index < -0.39 is 18.1 Å². The number of carboxylic acids is 1. The van der Waals surface area contributed by atoms with Gasteiger partial charge >= 0.3 is 12.1 Å². The van der Waals surface area contributed by atoms with Gasteiger partial charge in [-0.25, -0.2) is 9.59 Å². The summed E-state index contributed by atoms with van der Waals surface area (Å²) < 4.78 is 5.12. The molecule has 0 aliphatic carbocycles. The van der Waals surface area contributed by atoms with E-state index in [-0.39, 0.29) is 5.92 Å². The summed E-state index contributed by atoms with van der Waals surface area (Å²) in [4.78, 5) is 24.7. The third-order valence-corrected chi connectivity index (χ3v) is 3.38. The minimum atomic E-state index is -1.04. The van der Waals surface area contributed by atoms with Crippen LogP contribution in [-0.2, 0) is 9.53 Å². The van der Waals surface area contributed by atoms with Crippen LogP contribution in [0.3, 0.4) is 0 Å². The summed E-state index contributed by atoms with van der Waals surface area (Å²) in [6.07, 6.45) is 1.51. The second-order valence-electron chi connectivity index (χ2n) is 5.57. The lowest BCUT2D eigenvalue weighted by Crippen LogP contribution is -2.45. The Labute approximate surface area is 114 Å². The Balaban J connectivity index is 2.32. The van der Waals surface area contributed by atoms with Crippen LogP contribution >= 0.6 is 0 Å². The number of rotatable bonds is 5.